The lowest BCUT2D eigenvalue weighted by atomic mass is 10.2. The molecule has 0 aliphatic carbocycles. The lowest BCUT2D eigenvalue weighted by Gasteiger charge is -2.15. The van der Waals surface area contributed by atoms with Gasteiger partial charge in [0.1, 0.15) is 0 Å². The van der Waals surface area contributed by atoms with Crippen LogP contribution >= 0.6 is 11.3 Å². The van der Waals surface area contributed by atoms with Gasteiger partial charge in [0.2, 0.25) is 10.7 Å². The molecule has 1 aromatic heterocycles. The summed E-state index contributed by atoms with van der Waals surface area (Å²) in [6.07, 6.45) is 0. The molecular weight excluding hydrogens is 410 g/mol. The predicted molar refractivity (Wildman–Crippen MR) is 110 cm³/mol. The fourth-order valence-electron chi connectivity index (χ4n) is 2.68. The van der Waals surface area contributed by atoms with Gasteiger partial charge in [-0.15, -0.1) is 20.9 Å². The number of sulfonamides is 1. The van der Waals surface area contributed by atoms with E-state index in [1.165, 1.54) is 23.6 Å². The summed E-state index contributed by atoms with van der Waals surface area (Å²) in [6.45, 7) is 4.29. The summed E-state index contributed by atoms with van der Waals surface area (Å²) in [6, 6.07) is 15.3. The third-order valence-corrected chi connectivity index (χ3v) is 6.56. The van der Waals surface area contributed by atoms with E-state index in [0.717, 1.165) is 29.4 Å². The van der Waals surface area contributed by atoms with Crippen molar-refractivity contribution in [2.75, 3.05) is 0 Å². The molecule has 0 bridgehead atoms. The van der Waals surface area contributed by atoms with Crippen molar-refractivity contribution in [3.8, 4) is 11.3 Å². The Bertz CT molecular complexity index is 1220. The van der Waals surface area contributed by atoms with E-state index < -0.39 is 15.9 Å². The Balaban J connectivity index is 2.18. The molecule has 0 fully saturated rings. The van der Waals surface area contributed by atoms with Crippen molar-refractivity contribution in [3.05, 3.63) is 70.3 Å². The molecule has 0 aliphatic heterocycles. The maximum Gasteiger partial charge on any atom is 0.286 e. The maximum atomic E-state index is 13.0. The first-order valence-electron chi connectivity index (χ1n) is 8.66. The van der Waals surface area contributed by atoms with E-state index in [1.54, 1.807) is 17.5 Å². The zero-order chi connectivity index (χ0) is 21.2. The summed E-state index contributed by atoms with van der Waals surface area (Å²) in [4.78, 5) is 24.5. The number of amides is 1. The highest BCUT2D eigenvalue weighted by Gasteiger charge is 2.27. The van der Waals surface area contributed by atoms with Crippen LogP contribution in [0.5, 0.6) is 0 Å². The molecule has 1 amide bonds. The van der Waals surface area contributed by atoms with Gasteiger partial charge in [-0.1, -0.05) is 48.0 Å². The molecular formula is C20H19N3O4S2. The van der Waals surface area contributed by atoms with Crippen LogP contribution in [0.3, 0.4) is 0 Å². The number of thiazole rings is 1. The molecule has 7 nitrogen and oxygen atoms in total. The number of benzene rings is 2. The number of aryl methyl sites for hydroxylation is 1. The van der Waals surface area contributed by atoms with Crippen LogP contribution in [0.1, 0.15) is 24.2 Å². The molecule has 9 heteroatoms. The Hall–Kier alpha value is -3.04. The van der Waals surface area contributed by atoms with Gasteiger partial charge in [-0.2, -0.15) is 8.42 Å². The van der Waals surface area contributed by atoms with Gasteiger partial charge in [0.15, 0.2) is 0 Å². The summed E-state index contributed by atoms with van der Waals surface area (Å²) >= 11 is 1.08. The SMILES string of the molecule is CC(=O)N(N=c1scc(-c2ccccc2)n1C(C)=O)S(=O)(=O)c1ccc(C)cc1. The molecule has 0 atom stereocenters. The van der Waals surface area contributed by atoms with Crippen LogP contribution in [-0.2, 0) is 14.8 Å². The van der Waals surface area contributed by atoms with Crippen molar-refractivity contribution in [1.82, 2.24) is 8.98 Å². The van der Waals surface area contributed by atoms with Crippen LogP contribution in [-0.4, -0.2) is 29.2 Å². The molecule has 0 saturated carbocycles. The van der Waals surface area contributed by atoms with Crippen LogP contribution in [0.4, 0.5) is 0 Å². The van der Waals surface area contributed by atoms with Crippen LogP contribution in [0, 0.1) is 6.92 Å². The van der Waals surface area contributed by atoms with Crippen molar-refractivity contribution in [3.63, 3.8) is 0 Å². The monoisotopic (exact) mass is 429 g/mol. The number of hydrogen-bond acceptors (Lipinski definition) is 6. The second-order valence-electron chi connectivity index (χ2n) is 6.30. The van der Waals surface area contributed by atoms with E-state index in [1.807, 2.05) is 37.3 Å². The van der Waals surface area contributed by atoms with Gasteiger partial charge < -0.3 is 0 Å². The fraction of sp³-hybridized carbons (Fsp3) is 0.150. The van der Waals surface area contributed by atoms with Gasteiger partial charge in [-0.3, -0.25) is 14.2 Å². The number of rotatable bonds is 4. The van der Waals surface area contributed by atoms with E-state index >= 15 is 0 Å². The van der Waals surface area contributed by atoms with Crippen LogP contribution < -0.4 is 4.80 Å². The first kappa shape index (κ1) is 20.7. The summed E-state index contributed by atoms with van der Waals surface area (Å²) in [5.41, 5.74) is 2.23. The molecule has 3 aromatic rings. The molecule has 0 unspecified atom stereocenters. The maximum absolute atomic E-state index is 13.0. The van der Waals surface area contributed by atoms with Crippen molar-refractivity contribution in [1.29, 1.82) is 0 Å². The molecule has 150 valence electrons. The van der Waals surface area contributed by atoms with Crippen LogP contribution in [0.15, 0.2) is 70.0 Å². The van der Waals surface area contributed by atoms with E-state index in [2.05, 4.69) is 5.10 Å². The average Bonchev–Trinajstić information content (AvgIpc) is 3.11. The topological polar surface area (TPSA) is 88.8 Å². The number of aromatic nitrogens is 1. The minimum Gasteiger partial charge on any atom is -0.274 e. The Labute approximate surface area is 172 Å². The molecule has 2 aromatic carbocycles. The predicted octanol–water partition coefficient (Wildman–Crippen LogP) is 3.24. The molecule has 0 radical (unpaired) electrons. The van der Waals surface area contributed by atoms with Gasteiger partial charge in [-0.25, -0.2) is 0 Å². The summed E-state index contributed by atoms with van der Waals surface area (Å²) in [5.74, 6) is -1.13. The Morgan fingerprint density at radius 2 is 1.62 bits per heavy atom. The summed E-state index contributed by atoms with van der Waals surface area (Å²) in [7, 11) is -4.21. The van der Waals surface area contributed by atoms with Crippen LogP contribution in [0.2, 0.25) is 0 Å². The lowest BCUT2D eigenvalue weighted by molar-refractivity contribution is -0.124. The number of nitrogens with zero attached hydrogens (tertiary/aromatic N) is 3. The first-order chi connectivity index (χ1) is 13.7. The second-order valence-corrected chi connectivity index (χ2v) is 8.91. The molecule has 3 rings (SSSR count). The quantitative estimate of drug-likeness (QED) is 0.596. The van der Waals surface area contributed by atoms with Gasteiger partial charge >= 0.3 is 0 Å². The largest absolute Gasteiger partial charge is 0.286 e. The molecule has 0 spiro atoms. The highest BCUT2D eigenvalue weighted by Crippen LogP contribution is 2.21. The third-order valence-electron chi connectivity index (χ3n) is 4.08. The van der Waals surface area contributed by atoms with Gasteiger partial charge in [0.25, 0.3) is 15.9 Å². The standard InChI is InChI=1S/C20H19N3O4S2/c1-14-9-11-18(12-10-14)29(26,27)23(16(3)25)21-20-22(15(2)24)19(13-28-20)17-7-5-4-6-8-17/h4-13H,1-3H3. The van der Waals surface area contributed by atoms with Gasteiger partial charge in [0, 0.05) is 19.2 Å². The first-order valence-corrected chi connectivity index (χ1v) is 11.0. The third kappa shape index (κ3) is 4.20. The van der Waals surface area contributed by atoms with Crippen molar-refractivity contribution in [2.45, 2.75) is 25.7 Å². The number of carbonyl (C=O) groups is 2. The minimum atomic E-state index is -4.21. The summed E-state index contributed by atoms with van der Waals surface area (Å²) < 4.78 is 27.7. The molecule has 29 heavy (non-hydrogen) atoms. The highest BCUT2D eigenvalue weighted by atomic mass is 32.2. The highest BCUT2D eigenvalue weighted by molar-refractivity contribution is 7.89. The fourth-order valence-corrected chi connectivity index (χ4v) is 4.85. The zero-order valence-corrected chi connectivity index (χ0v) is 17.7. The molecule has 1 heterocycles. The molecule has 0 aliphatic rings. The lowest BCUT2D eigenvalue weighted by Crippen LogP contribution is -2.34. The van der Waals surface area contributed by atoms with Crippen molar-refractivity contribution < 1.29 is 18.0 Å². The Morgan fingerprint density at radius 3 is 2.17 bits per heavy atom. The van der Waals surface area contributed by atoms with Gasteiger partial charge in [0.05, 0.1) is 10.6 Å². The zero-order valence-electron chi connectivity index (χ0n) is 16.1. The number of hydrogen-bond donors (Lipinski definition) is 0. The van der Waals surface area contributed by atoms with Gasteiger partial charge in [-0.05, 0) is 24.6 Å². The molecule has 0 N–H and O–H groups in total. The Morgan fingerprint density at radius 1 is 1.00 bits per heavy atom. The second kappa shape index (κ2) is 8.14. The van der Waals surface area contributed by atoms with Crippen molar-refractivity contribution in [2.24, 2.45) is 5.10 Å². The van der Waals surface area contributed by atoms with Crippen LogP contribution in [0.25, 0.3) is 11.3 Å². The average molecular weight is 430 g/mol. The summed E-state index contributed by atoms with van der Waals surface area (Å²) in [5, 5.41) is 5.75. The Kier molecular flexibility index (Phi) is 5.81. The van der Waals surface area contributed by atoms with E-state index in [-0.39, 0.29) is 15.6 Å². The smallest absolute Gasteiger partial charge is 0.274 e. The van der Waals surface area contributed by atoms with Crippen molar-refractivity contribution >= 4 is 33.2 Å². The number of carbonyl (C=O) groups excluding carboxylic acids is 2. The van der Waals surface area contributed by atoms with E-state index in [0.29, 0.717) is 10.1 Å². The normalized spacial score (nSPS) is 12.0. The minimum absolute atomic E-state index is 0.0590. The molecule has 0 saturated heterocycles. The van der Waals surface area contributed by atoms with E-state index in [4.69, 9.17) is 0 Å². The van der Waals surface area contributed by atoms with E-state index in [9.17, 15) is 18.0 Å².